The molecule has 0 amide bonds. The SMILES string of the molecule is Cc1cc(-c2cccs2)nc2c(F)c(-c3ncn4ccnc(N)c34)ccc12. The van der Waals surface area contributed by atoms with Gasteiger partial charge in [0.2, 0.25) is 0 Å². The highest BCUT2D eigenvalue weighted by atomic mass is 32.1. The second-order valence-corrected chi connectivity index (χ2v) is 7.23. The highest BCUT2D eigenvalue weighted by molar-refractivity contribution is 7.13. The van der Waals surface area contributed by atoms with Crippen LogP contribution in [0.2, 0.25) is 0 Å². The fourth-order valence-electron chi connectivity index (χ4n) is 3.33. The number of halogens is 1. The molecule has 0 aliphatic heterocycles. The number of imidazole rings is 1. The largest absolute Gasteiger partial charge is 0.382 e. The van der Waals surface area contributed by atoms with E-state index in [9.17, 15) is 0 Å². The Balaban J connectivity index is 1.80. The zero-order valence-electron chi connectivity index (χ0n) is 14.3. The van der Waals surface area contributed by atoms with E-state index in [0.717, 1.165) is 21.5 Å². The van der Waals surface area contributed by atoms with E-state index in [1.807, 2.05) is 36.6 Å². The van der Waals surface area contributed by atoms with E-state index in [0.29, 0.717) is 28.1 Å². The molecular weight excluding hydrogens is 361 g/mol. The summed E-state index contributed by atoms with van der Waals surface area (Å²) in [6, 6.07) is 9.54. The summed E-state index contributed by atoms with van der Waals surface area (Å²) >= 11 is 1.58. The summed E-state index contributed by atoms with van der Waals surface area (Å²) in [4.78, 5) is 14.1. The van der Waals surface area contributed by atoms with Gasteiger partial charge in [0.05, 0.1) is 10.6 Å². The first-order valence-corrected chi connectivity index (χ1v) is 9.22. The van der Waals surface area contributed by atoms with Gasteiger partial charge in [-0.25, -0.2) is 19.3 Å². The quantitative estimate of drug-likeness (QED) is 0.485. The average Bonchev–Trinajstić information content (AvgIpc) is 3.33. The number of nitrogen functional groups attached to an aromatic ring is 1. The maximum atomic E-state index is 15.5. The molecule has 0 aliphatic carbocycles. The van der Waals surface area contributed by atoms with Crippen LogP contribution in [0.15, 0.2) is 54.4 Å². The van der Waals surface area contributed by atoms with Gasteiger partial charge in [-0.1, -0.05) is 12.1 Å². The summed E-state index contributed by atoms with van der Waals surface area (Å²) in [6.07, 6.45) is 4.92. The molecule has 2 N–H and O–H groups in total. The lowest BCUT2D eigenvalue weighted by Crippen LogP contribution is -1.97. The number of hydrogen-bond acceptors (Lipinski definition) is 5. The molecule has 5 rings (SSSR count). The van der Waals surface area contributed by atoms with Crippen molar-refractivity contribution in [3.05, 3.63) is 65.8 Å². The molecule has 0 spiro atoms. The molecular formula is C20H14FN5S. The van der Waals surface area contributed by atoms with Crippen LogP contribution in [0, 0.1) is 12.7 Å². The van der Waals surface area contributed by atoms with Crippen LogP contribution >= 0.6 is 11.3 Å². The number of aryl methyl sites for hydroxylation is 1. The van der Waals surface area contributed by atoms with Gasteiger partial charge in [0.15, 0.2) is 5.82 Å². The molecule has 4 aromatic heterocycles. The van der Waals surface area contributed by atoms with Crippen molar-refractivity contribution < 1.29 is 4.39 Å². The van der Waals surface area contributed by atoms with E-state index in [2.05, 4.69) is 15.0 Å². The molecule has 0 atom stereocenters. The van der Waals surface area contributed by atoms with Gasteiger partial charge in [0.1, 0.15) is 28.9 Å². The molecule has 7 heteroatoms. The van der Waals surface area contributed by atoms with Crippen LogP contribution in [0.4, 0.5) is 10.2 Å². The Hall–Kier alpha value is -3.32. The van der Waals surface area contributed by atoms with Gasteiger partial charge >= 0.3 is 0 Å². The lowest BCUT2D eigenvalue weighted by Gasteiger charge is -2.09. The third-order valence-corrected chi connectivity index (χ3v) is 5.52. The summed E-state index contributed by atoms with van der Waals surface area (Å²) in [5, 5.41) is 2.77. The van der Waals surface area contributed by atoms with E-state index in [-0.39, 0.29) is 0 Å². The van der Waals surface area contributed by atoms with Crippen molar-refractivity contribution >= 4 is 33.6 Å². The minimum Gasteiger partial charge on any atom is -0.382 e. The lowest BCUT2D eigenvalue weighted by atomic mass is 10.0. The Kier molecular flexibility index (Phi) is 3.45. The monoisotopic (exact) mass is 375 g/mol. The van der Waals surface area contributed by atoms with Crippen LogP contribution in [-0.4, -0.2) is 19.4 Å². The predicted molar refractivity (Wildman–Crippen MR) is 106 cm³/mol. The molecule has 0 fully saturated rings. The lowest BCUT2D eigenvalue weighted by molar-refractivity contribution is 0.640. The van der Waals surface area contributed by atoms with Crippen molar-refractivity contribution in [2.24, 2.45) is 0 Å². The van der Waals surface area contributed by atoms with Gasteiger partial charge < -0.3 is 10.1 Å². The van der Waals surface area contributed by atoms with Gasteiger partial charge in [-0.05, 0) is 36.1 Å². The van der Waals surface area contributed by atoms with E-state index in [4.69, 9.17) is 5.73 Å². The van der Waals surface area contributed by atoms with Crippen molar-refractivity contribution in [3.8, 4) is 21.8 Å². The predicted octanol–water partition coefficient (Wildman–Crippen LogP) is 4.70. The van der Waals surface area contributed by atoms with Gasteiger partial charge in [-0.15, -0.1) is 11.3 Å². The number of nitrogens with two attached hydrogens (primary N) is 1. The number of benzene rings is 1. The second kappa shape index (κ2) is 5.85. The fraction of sp³-hybridized carbons (Fsp3) is 0.0500. The summed E-state index contributed by atoms with van der Waals surface area (Å²) in [5.74, 6) is -0.0983. The van der Waals surface area contributed by atoms with Crippen LogP contribution < -0.4 is 5.73 Å². The number of fused-ring (bicyclic) bond motifs is 2. The first kappa shape index (κ1) is 15.9. The molecule has 1 aromatic carbocycles. The zero-order valence-corrected chi connectivity index (χ0v) is 15.2. The molecule has 5 nitrogen and oxygen atoms in total. The second-order valence-electron chi connectivity index (χ2n) is 6.29. The van der Waals surface area contributed by atoms with E-state index in [1.54, 1.807) is 40.5 Å². The molecule has 27 heavy (non-hydrogen) atoms. The number of pyridine rings is 1. The standard InChI is InChI=1S/C20H14FN5S/c1-11-9-14(15-3-2-8-27-15)25-17-12(11)4-5-13(16(17)21)18-19-20(22)23-6-7-26(19)10-24-18/h2-10H,1H3,(H2,22,23). The molecule has 0 saturated carbocycles. The molecule has 0 radical (unpaired) electrons. The fourth-order valence-corrected chi connectivity index (χ4v) is 4.02. The maximum Gasteiger partial charge on any atom is 0.158 e. The van der Waals surface area contributed by atoms with Crippen LogP contribution in [0.3, 0.4) is 0 Å². The number of rotatable bonds is 2. The summed E-state index contributed by atoms with van der Waals surface area (Å²) in [7, 11) is 0. The normalized spacial score (nSPS) is 11.5. The zero-order chi connectivity index (χ0) is 18.5. The van der Waals surface area contributed by atoms with E-state index in [1.165, 1.54) is 0 Å². The molecule has 132 valence electrons. The van der Waals surface area contributed by atoms with E-state index >= 15 is 4.39 Å². The smallest absolute Gasteiger partial charge is 0.158 e. The molecule has 0 bridgehead atoms. The van der Waals surface area contributed by atoms with Crippen molar-refractivity contribution in [3.63, 3.8) is 0 Å². The van der Waals surface area contributed by atoms with Crippen LogP contribution in [0.5, 0.6) is 0 Å². The van der Waals surface area contributed by atoms with Gasteiger partial charge in [-0.2, -0.15) is 0 Å². The summed E-state index contributed by atoms with van der Waals surface area (Å²) in [6.45, 7) is 1.97. The minimum absolute atomic E-state index is 0.306. The van der Waals surface area contributed by atoms with Crippen LogP contribution in [-0.2, 0) is 0 Å². The van der Waals surface area contributed by atoms with Crippen molar-refractivity contribution in [2.45, 2.75) is 6.92 Å². The Bertz CT molecular complexity index is 1310. The Morgan fingerprint density at radius 3 is 2.89 bits per heavy atom. The highest BCUT2D eigenvalue weighted by Gasteiger charge is 2.18. The van der Waals surface area contributed by atoms with E-state index < -0.39 is 5.82 Å². The number of nitrogens with zero attached hydrogens (tertiary/aromatic N) is 4. The molecule has 0 unspecified atom stereocenters. The van der Waals surface area contributed by atoms with Crippen LogP contribution in [0.25, 0.3) is 38.2 Å². The van der Waals surface area contributed by atoms with Crippen molar-refractivity contribution in [2.75, 3.05) is 5.73 Å². The number of hydrogen-bond donors (Lipinski definition) is 1. The topological polar surface area (TPSA) is 69.1 Å². The van der Waals surface area contributed by atoms with Crippen molar-refractivity contribution in [1.82, 2.24) is 19.4 Å². The summed E-state index contributed by atoms with van der Waals surface area (Å²) in [5.41, 5.74) is 9.49. The minimum atomic E-state index is -0.405. The Morgan fingerprint density at radius 1 is 1.19 bits per heavy atom. The maximum absolute atomic E-state index is 15.5. The molecule has 4 heterocycles. The first-order valence-electron chi connectivity index (χ1n) is 8.35. The molecule has 0 aliphatic rings. The third-order valence-electron chi connectivity index (χ3n) is 4.63. The van der Waals surface area contributed by atoms with Gasteiger partial charge in [0, 0.05) is 23.3 Å². The third kappa shape index (κ3) is 2.39. The summed E-state index contributed by atoms with van der Waals surface area (Å²) < 4.78 is 17.3. The highest BCUT2D eigenvalue weighted by Crippen LogP contribution is 2.34. The first-order chi connectivity index (χ1) is 13.1. The van der Waals surface area contributed by atoms with Crippen LogP contribution in [0.1, 0.15) is 5.56 Å². The van der Waals surface area contributed by atoms with Gasteiger partial charge in [-0.3, -0.25) is 0 Å². The number of thiophene rings is 1. The Morgan fingerprint density at radius 2 is 2.07 bits per heavy atom. The van der Waals surface area contributed by atoms with Gasteiger partial charge in [0.25, 0.3) is 0 Å². The molecule has 5 aromatic rings. The molecule has 0 saturated heterocycles. The van der Waals surface area contributed by atoms with Crippen molar-refractivity contribution in [1.29, 1.82) is 0 Å². The number of aromatic nitrogens is 4. The Labute approximate surface area is 158 Å². The average molecular weight is 375 g/mol. The number of anilines is 1.